The van der Waals surface area contributed by atoms with Gasteiger partial charge in [-0.1, -0.05) is 41.6 Å². The molecule has 2 heterocycles. The Morgan fingerprint density at radius 1 is 0.867 bits per heavy atom. The summed E-state index contributed by atoms with van der Waals surface area (Å²) in [5.74, 6) is 0. The summed E-state index contributed by atoms with van der Waals surface area (Å²) in [7, 11) is 0. The van der Waals surface area contributed by atoms with Crippen LogP contribution >= 0.6 is 0 Å². The highest BCUT2D eigenvalue weighted by Gasteiger charge is 2.21. The Balaban J connectivity index is 1.61. The Kier molecular flexibility index (Phi) is 6.63. The third-order valence-corrected chi connectivity index (χ3v) is 5.13. The predicted octanol–water partition coefficient (Wildman–Crippen LogP) is 3.02. The standard InChI is InChI=1S/C21H27N7O2/c1-3-19(30-12-11-29-4-2)28(13-15-7-5-9-17-20(15)24-26-22-17)14-16-8-6-10-18-21(16)25-27-23-18/h5-10,19H,3-4,11-14H2,1-2H3,(H,22,24,26)(H,23,25,27). The van der Waals surface area contributed by atoms with Gasteiger partial charge in [0.05, 0.1) is 24.2 Å². The lowest BCUT2D eigenvalue weighted by Gasteiger charge is -2.31. The monoisotopic (exact) mass is 409 g/mol. The van der Waals surface area contributed by atoms with Crippen LogP contribution in [0.1, 0.15) is 31.4 Å². The van der Waals surface area contributed by atoms with Gasteiger partial charge in [0, 0.05) is 19.7 Å². The first-order chi connectivity index (χ1) is 14.8. The van der Waals surface area contributed by atoms with Crippen LogP contribution in [0.3, 0.4) is 0 Å². The van der Waals surface area contributed by atoms with Crippen molar-refractivity contribution in [1.82, 2.24) is 35.7 Å². The van der Waals surface area contributed by atoms with Crippen molar-refractivity contribution in [2.45, 2.75) is 39.6 Å². The number of fused-ring (bicyclic) bond motifs is 2. The summed E-state index contributed by atoms with van der Waals surface area (Å²) in [5, 5.41) is 22.4. The summed E-state index contributed by atoms with van der Waals surface area (Å²) in [6.07, 6.45) is 0.769. The van der Waals surface area contributed by atoms with Crippen molar-refractivity contribution in [3.63, 3.8) is 0 Å². The number of rotatable bonds is 11. The minimum atomic E-state index is -0.0743. The number of nitrogens with one attached hydrogen (secondary N) is 2. The average molecular weight is 409 g/mol. The third-order valence-electron chi connectivity index (χ3n) is 5.13. The summed E-state index contributed by atoms with van der Waals surface area (Å²) < 4.78 is 11.7. The summed E-state index contributed by atoms with van der Waals surface area (Å²) >= 11 is 0. The average Bonchev–Trinajstić information content (AvgIpc) is 3.44. The van der Waals surface area contributed by atoms with Crippen molar-refractivity contribution < 1.29 is 9.47 Å². The van der Waals surface area contributed by atoms with Crippen LogP contribution in [-0.2, 0) is 22.6 Å². The van der Waals surface area contributed by atoms with Crippen LogP contribution in [-0.4, -0.2) is 61.8 Å². The fourth-order valence-electron chi connectivity index (χ4n) is 3.68. The van der Waals surface area contributed by atoms with Crippen LogP contribution in [0.25, 0.3) is 22.1 Å². The Hall–Kier alpha value is -2.88. The lowest BCUT2D eigenvalue weighted by atomic mass is 10.1. The van der Waals surface area contributed by atoms with Crippen molar-refractivity contribution in [2.75, 3.05) is 19.8 Å². The molecule has 0 aliphatic heterocycles. The normalized spacial score (nSPS) is 12.9. The molecule has 158 valence electrons. The zero-order valence-electron chi connectivity index (χ0n) is 17.3. The minimum Gasteiger partial charge on any atom is -0.379 e. The Bertz CT molecular complexity index is 1000. The maximum absolute atomic E-state index is 6.20. The van der Waals surface area contributed by atoms with Crippen LogP contribution in [0.2, 0.25) is 0 Å². The van der Waals surface area contributed by atoms with Gasteiger partial charge in [-0.15, -0.1) is 10.2 Å². The second-order valence-corrected chi connectivity index (χ2v) is 7.09. The predicted molar refractivity (Wildman–Crippen MR) is 114 cm³/mol. The van der Waals surface area contributed by atoms with Crippen LogP contribution in [0.4, 0.5) is 0 Å². The zero-order valence-corrected chi connectivity index (χ0v) is 17.3. The molecule has 0 fully saturated rings. The maximum atomic E-state index is 6.20. The number of aromatic amines is 2. The molecule has 2 aromatic carbocycles. The zero-order chi connectivity index (χ0) is 20.8. The fraction of sp³-hybridized carbons (Fsp3) is 0.429. The lowest BCUT2D eigenvalue weighted by molar-refractivity contribution is -0.0849. The van der Waals surface area contributed by atoms with Crippen molar-refractivity contribution >= 4 is 22.1 Å². The molecular formula is C21H27N7O2. The molecule has 0 saturated heterocycles. The number of benzene rings is 2. The Morgan fingerprint density at radius 3 is 2.00 bits per heavy atom. The van der Waals surface area contributed by atoms with E-state index < -0.39 is 0 Å². The molecule has 0 aliphatic rings. The first kappa shape index (κ1) is 20.4. The van der Waals surface area contributed by atoms with Gasteiger partial charge in [0.15, 0.2) is 0 Å². The van der Waals surface area contributed by atoms with E-state index >= 15 is 0 Å². The lowest BCUT2D eigenvalue weighted by Crippen LogP contribution is -2.37. The maximum Gasteiger partial charge on any atom is 0.117 e. The van der Waals surface area contributed by atoms with E-state index in [4.69, 9.17) is 9.47 Å². The molecule has 9 heteroatoms. The van der Waals surface area contributed by atoms with Crippen molar-refractivity contribution in [3.8, 4) is 0 Å². The molecule has 1 unspecified atom stereocenters. The van der Waals surface area contributed by atoms with E-state index in [1.165, 1.54) is 0 Å². The van der Waals surface area contributed by atoms with Crippen LogP contribution in [0.15, 0.2) is 36.4 Å². The van der Waals surface area contributed by atoms with E-state index in [1.54, 1.807) is 0 Å². The van der Waals surface area contributed by atoms with Gasteiger partial charge in [-0.05, 0) is 36.6 Å². The van der Waals surface area contributed by atoms with Gasteiger partial charge in [0.25, 0.3) is 0 Å². The summed E-state index contributed by atoms with van der Waals surface area (Å²) in [4.78, 5) is 2.30. The quantitative estimate of drug-likeness (QED) is 0.290. The van der Waals surface area contributed by atoms with E-state index in [2.05, 4.69) is 54.8 Å². The molecule has 0 spiro atoms. The highest BCUT2D eigenvalue weighted by molar-refractivity contribution is 5.78. The smallest absolute Gasteiger partial charge is 0.117 e. The van der Waals surface area contributed by atoms with Gasteiger partial charge in [0.1, 0.15) is 17.3 Å². The van der Waals surface area contributed by atoms with Gasteiger partial charge >= 0.3 is 0 Å². The second kappa shape index (κ2) is 9.75. The largest absolute Gasteiger partial charge is 0.379 e. The first-order valence-corrected chi connectivity index (χ1v) is 10.3. The van der Waals surface area contributed by atoms with Gasteiger partial charge in [-0.25, -0.2) is 0 Å². The fourth-order valence-corrected chi connectivity index (χ4v) is 3.68. The van der Waals surface area contributed by atoms with Gasteiger partial charge in [0.2, 0.25) is 0 Å². The summed E-state index contributed by atoms with van der Waals surface area (Å²) in [6, 6.07) is 12.2. The number of H-pyrrole nitrogens is 2. The molecule has 4 aromatic rings. The van der Waals surface area contributed by atoms with Gasteiger partial charge < -0.3 is 9.47 Å². The van der Waals surface area contributed by atoms with Crippen molar-refractivity contribution in [3.05, 3.63) is 47.5 Å². The number of ether oxygens (including phenoxy) is 2. The topological polar surface area (TPSA) is 105 Å². The minimum absolute atomic E-state index is 0.0743. The van der Waals surface area contributed by atoms with E-state index in [0.717, 1.165) is 39.6 Å². The number of nitrogens with zero attached hydrogens (tertiary/aromatic N) is 5. The van der Waals surface area contributed by atoms with Crippen molar-refractivity contribution in [2.24, 2.45) is 0 Å². The van der Waals surface area contributed by atoms with E-state index in [9.17, 15) is 0 Å². The molecule has 9 nitrogen and oxygen atoms in total. The Morgan fingerprint density at radius 2 is 1.47 bits per heavy atom. The van der Waals surface area contributed by atoms with E-state index in [1.807, 2.05) is 31.2 Å². The first-order valence-electron chi connectivity index (χ1n) is 10.3. The van der Waals surface area contributed by atoms with Crippen LogP contribution in [0.5, 0.6) is 0 Å². The number of aromatic nitrogens is 6. The summed E-state index contributed by atoms with van der Waals surface area (Å²) in [5.41, 5.74) is 5.81. The molecule has 4 rings (SSSR count). The molecule has 0 bridgehead atoms. The van der Waals surface area contributed by atoms with Gasteiger partial charge in [-0.3, -0.25) is 15.1 Å². The molecule has 2 aromatic heterocycles. The molecule has 0 aliphatic carbocycles. The second-order valence-electron chi connectivity index (χ2n) is 7.09. The molecule has 0 amide bonds. The molecule has 30 heavy (non-hydrogen) atoms. The third kappa shape index (κ3) is 4.48. The number of hydrogen-bond acceptors (Lipinski definition) is 7. The molecule has 1 atom stereocenters. The number of hydrogen-bond donors (Lipinski definition) is 2. The van der Waals surface area contributed by atoms with Crippen molar-refractivity contribution in [1.29, 1.82) is 0 Å². The van der Waals surface area contributed by atoms with Gasteiger partial charge in [-0.2, -0.15) is 0 Å². The highest BCUT2D eigenvalue weighted by atomic mass is 16.5. The van der Waals surface area contributed by atoms with Crippen LogP contribution < -0.4 is 0 Å². The highest BCUT2D eigenvalue weighted by Crippen LogP contribution is 2.23. The van der Waals surface area contributed by atoms with E-state index in [-0.39, 0.29) is 6.23 Å². The summed E-state index contributed by atoms with van der Waals surface area (Å²) in [6.45, 7) is 7.28. The molecule has 0 radical (unpaired) electrons. The molecule has 2 N–H and O–H groups in total. The SMILES string of the molecule is CCOCCOC(CC)N(Cc1cccc2[nH]nnc12)Cc1cccc2[nH]nnc12. The molecule has 0 saturated carbocycles. The van der Waals surface area contributed by atoms with Crippen LogP contribution in [0, 0.1) is 0 Å². The Labute approximate surface area is 174 Å². The van der Waals surface area contributed by atoms with E-state index in [0.29, 0.717) is 32.9 Å². The molecular weight excluding hydrogens is 382 g/mol.